The number of carbonyl (C=O) groups excluding carboxylic acids is 2. The Balaban J connectivity index is 2.09. The molecule has 9 heteroatoms. The van der Waals surface area contributed by atoms with E-state index in [0.717, 1.165) is 6.42 Å². The first-order chi connectivity index (χ1) is 13.7. The Bertz CT molecular complexity index is 754. The van der Waals surface area contributed by atoms with Crippen molar-refractivity contribution in [3.05, 3.63) is 0 Å². The van der Waals surface area contributed by atoms with Crippen LogP contribution < -0.4 is 0 Å². The summed E-state index contributed by atoms with van der Waals surface area (Å²) < 4.78 is 44.4. The molecular formula is C21H36O8S. The maximum absolute atomic E-state index is 12.5. The number of hydrogen-bond donors (Lipinski definition) is 1. The average Bonchev–Trinajstić information content (AvgIpc) is 2.94. The van der Waals surface area contributed by atoms with E-state index in [4.69, 9.17) is 18.4 Å². The van der Waals surface area contributed by atoms with Crippen molar-refractivity contribution in [3.8, 4) is 0 Å². The van der Waals surface area contributed by atoms with Crippen molar-refractivity contribution in [3.63, 3.8) is 0 Å². The minimum absolute atomic E-state index is 0.0824. The van der Waals surface area contributed by atoms with E-state index in [9.17, 15) is 18.0 Å². The number of thiol groups is 1. The molecule has 0 radical (unpaired) electrons. The largest absolute Gasteiger partial charge is 0.509 e. The molecule has 174 valence electrons. The van der Waals surface area contributed by atoms with Crippen molar-refractivity contribution < 1.29 is 36.4 Å². The molecule has 0 aliphatic heterocycles. The van der Waals surface area contributed by atoms with Gasteiger partial charge < -0.3 is 14.2 Å². The van der Waals surface area contributed by atoms with E-state index < -0.39 is 39.2 Å². The van der Waals surface area contributed by atoms with Crippen LogP contribution >= 0.6 is 0 Å². The van der Waals surface area contributed by atoms with E-state index in [1.54, 1.807) is 27.7 Å². The molecule has 0 heterocycles. The van der Waals surface area contributed by atoms with E-state index in [1.807, 2.05) is 20.8 Å². The molecule has 0 aromatic carbocycles. The molecule has 0 N–H and O–H groups in total. The fraction of sp³-hybridized carbons (Fsp3) is 0.905. The van der Waals surface area contributed by atoms with Crippen molar-refractivity contribution in [2.45, 2.75) is 79.4 Å². The number of rotatable bonds is 8. The highest BCUT2D eigenvalue weighted by molar-refractivity contribution is 7.67. The Morgan fingerprint density at radius 2 is 1.63 bits per heavy atom. The monoisotopic (exact) mass is 448 g/mol. The lowest BCUT2D eigenvalue weighted by Gasteiger charge is -2.52. The molecule has 2 aliphatic rings. The van der Waals surface area contributed by atoms with Crippen molar-refractivity contribution in [1.82, 2.24) is 0 Å². The van der Waals surface area contributed by atoms with Gasteiger partial charge in [0.15, 0.2) is 0 Å². The molecule has 2 fully saturated rings. The van der Waals surface area contributed by atoms with Gasteiger partial charge in [0.2, 0.25) is 0 Å². The highest BCUT2D eigenvalue weighted by Gasteiger charge is 2.78. The zero-order chi connectivity index (χ0) is 23.1. The zero-order valence-corrected chi connectivity index (χ0v) is 20.2. The predicted octanol–water partition coefficient (Wildman–Crippen LogP) is 3.49. The van der Waals surface area contributed by atoms with Gasteiger partial charge in [-0.3, -0.25) is 8.98 Å². The third-order valence-electron chi connectivity index (χ3n) is 8.39. The first-order valence-electron chi connectivity index (χ1n) is 10.5. The van der Waals surface area contributed by atoms with Gasteiger partial charge in [0, 0.05) is 5.41 Å². The lowest BCUT2D eigenvalue weighted by atomic mass is 9.61. The van der Waals surface area contributed by atoms with Crippen LogP contribution in [0.4, 0.5) is 4.79 Å². The van der Waals surface area contributed by atoms with Crippen LogP contribution in [0.5, 0.6) is 0 Å². The Labute approximate surface area is 181 Å². The maximum Gasteiger partial charge on any atom is 0.509 e. The highest BCUT2D eigenvalue weighted by Crippen LogP contribution is 2.71. The van der Waals surface area contributed by atoms with Gasteiger partial charge in [-0.25, -0.2) is 13.2 Å². The lowest BCUT2D eigenvalue weighted by Crippen LogP contribution is -2.63. The number of esters is 1. The fourth-order valence-electron chi connectivity index (χ4n) is 5.51. The maximum atomic E-state index is 12.5. The summed E-state index contributed by atoms with van der Waals surface area (Å²) in [6.45, 7) is 14.8. The van der Waals surface area contributed by atoms with Gasteiger partial charge in [-0.2, -0.15) is 0 Å². The second-order valence-corrected chi connectivity index (χ2v) is 10.5. The zero-order valence-electron chi connectivity index (χ0n) is 19.3. The van der Waals surface area contributed by atoms with E-state index >= 15 is 0 Å². The molecule has 2 rings (SSSR count). The second-order valence-electron chi connectivity index (χ2n) is 9.84. The van der Waals surface area contributed by atoms with Crippen LogP contribution in [0.2, 0.25) is 0 Å². The molecule has 30 heavy (non-hydrogen) atoms. The van der Waals surface area contributed by atoms with Gasteiger partial charge in [-0.05, 0) is 58.3 Å². The molecule has 0 saturated heterocycles. The van der Waals surface area contributed by atoms with Crippen LogP contribution in [0.25, 0.3) is 0 Å². The van der Waals surface area contributed by atoms with Gasteiger partial charge in [0.05, 0.1) is 5.41 Å². The molecule has 0 spiro atoms. The summed E-state index contributed by atoms with van der Waals surface area (Å²) in [7, 11) is -3.13. The summed E-state index contributed by atoms with van der Waals surface area (Å²) in [5.74, 6) is -0.158. The van der Waals surface area contributed by atoms with Gasteiger partial charge in [-0.15, -0.1) is 0 Å². The summed E-state index contributed by atoms with van der Waals surface area (Å²) >= 11 is 0. The Morgan fingerprint density at radius 1 is 1.07 bits per heavy atom. The Morgan fingerprint density at radius 3 is 2.17 bits per heavy atom. The molecule has 6 atom stereocenters. The molecule has 6 unspecified atom stereocenters. The number of carbonyl (C=O) groups is 2. The SMILES string of the molecule is CCC(C)(C)C(=O)OCCOC(=O)OC1(C)C(C)(O[SH](=O)=O)C2CC(C)C1(C)C2C. The van der Waals surface area contributed by atoms with Crippen LogP contribution in [-0.2, 0) is 34.2 Å². The molecule has 2 saturated carbocycles. The number of hydrogen-bond acceptors (Lipinski definition) is 8. The number of fused-ring (bicyclic) bond motifs is 2. The first kappa shape index (κ1) is 24.9. The summed E-state index contributed by atoms with van der Waals surface area (Å²) in [6.07, 6.45) is 0.477. The molecule has 0 aromatic rings. The van der Waals surface area contributed by atoms with Crippen molar-refractivity contribution in [2.24, 2.45) is 28.6 Å². The third-order valence-corrected chi connectivity index (χ3v) is 8.92. The molecule has 8 nitrogen and oxygen atoms in total. The van der Waals surface area contributed by atoms with Crippen LogP contribution in [0.15, 0.2) is 0 Å². The van der Waals surface area contributed by atoms with Crippen molar-refractivity contribution in [1.29, 1.82) is 0 Å². The molecule has 0 amide bonds. The summed E-state index contributed by atoms with van der Waals surface area (Å²) in [5, 5.41) is 0. The number of ether oxygens (including phenoxy) is 3. The van der Waals surface area contributed by atoms with E-state index in [-0.39, 0.29) is 36.9 Å². The van der Waals surface area contributed by atoms with Gasteiger partial charge >= 0.3 is 12.1 Å². The molecule has 2 bridgehead atoms. The van der Waals surface area contributed by atoms with Gasteiger partial charge in [-0.1, -0.05) is 27.7 Å². The smallest absolute Gasteiger partial charge is 0.462 e. The lowest BCUT2D eigenvalue weighted by molar-refractivity contribution is -0.196. The van der Waals surface area contributed by atoms with Crippen LogP contribution in [0.3, 0.4) is 0 Å². The summed E-state index contributed by atoms with van der Waals surface area (Å²) in [5.41, 5.74) is -3.50. The van der Waals surface area contributed by atoms with Gasteiger partial charge in [0.1, 0.15) is 24.4 Å². The molecule has 2 aliphatic carbocycles. The normalized spacial score (nSPS) is 38.0. The Hall–Kier alpha value is -1.35. The average molecular weight is 449 g/mol. The third kappa shape index (κ3) is 3.72. The van der Waals surface area contributed by atoms with E-state index in [0.29, 0.717) is 6.42 Å². The second kappa shape index (κ2) is 8.30. The van der Waals surface area contributed by atoms with Gasteiger partial charge in [0.25, 0.3) is 11.0 Å². The topological polar surface area (TPSA) is 105 Å². The first-order valence-corrected chi connectivity index (χ1v) is 11.6. The van der Waals surface area contributed by atoms with Crippen molar-refractivity contribution in [2.75, 3.05) is 13.2 Å². The minimum atomic E-state index is -3.13. The molecular weight excluding hydrogens is 412 g/mol. The quantitative estimate of drug-likeness (QED) is 0.342. The molecule has 0 aromatic heterocycles. The predicted molar refractivity (Wildman–Crippen MR) is 110 cm³/mol. The van der Waals surface area contributed by atoms with E-state index in [2.05, 4.69) is 6.92 Å². The van der Waals surface area contributed by atoms with Crippen LogP contribution in [-0.4, -0.2) is 45.0 Å². The van der Waals surface area contributed by atoms with Crippen LogP contribution in [0, 0.1) is 28.6 Å². The van der Waals surface area contributed by atoms with E-state index in [1.165, 1.54) is 0 Å². The standard InChI is InChI=1S/C21H36O8S/c1-9-18(4,5)16(22)26-10-11-27-17(23)28-21(8)19(6)13(2)12-15(14(19)3)20(21,7)29-30(24)25/h13-15,30H,9-12H2,1-8H3. The minimum Gasteiger partial charge on any atom is -0.462 e. The fourth-order valence-corrected chi connectivity index (χ4v) is 6.13. The Kier molecular flexibility index (Phi) is 6.89. The van der Waals surface area contributed by atoms with Crippen molar-refractivity contribution >= 4 is 23.1 Å². The van der Waals surface area contributed by atoms with Crippen LogP contribution in [0.1, 0.15) is 68.2 Å². The highest BCUT2D eigenvalue weighted by atomic mass is 32.2. The summed E-state index contributed by atoms with van der Waals surface area (Å²) in [6, 6.07) is 0. The summed E-state index contributed by atoms with van der Waals surface area (Å²) in [4.78, 5) is 24.5.